The van der Waals surface area contributed by atoms with Crippen molar-refractivity contribution in [2.24, 2.45) is 5.92 Å². The van der Waals surface area contributed by atoms with E-state index in [1.165, 1.54) is 0 Å². The number of hydrogen-bond acceptors (Lipinski definition) is 2. The highest BCUT2D eigenvalue weighted by molar-refractivity contribution is 6.31. The Morgan fingerprint density at radius 2 is 2.19 bits per heavy atom. The molecule has 0 radical (unpaired) electrons. The zero-order chi connectivity index (χ0) is 15.0. The number of amides is 1. The molecule has 0 aromatic heterocycles. The molecule has 2 atom stereocenters. The van der Waals surface area contributed by atoms with Crippen LogP contribution in [0.5, 0.6) is 0 Å². The van der Waals surface area contributed by atoms with Gasteiger partial charge in [-0.25, -0.2) is 0 Å². The molecule has 3 rings (SSSR count). The van der Waals surface area contributed by atoms with Crippen molar-refractivity contribution in [3.8, 4) is 0 Å². The lowest BCUT2D eigenvalue weighted by molar-refractivity contribution is -0.0886. The van der Waals surface area contributed by atoms with E-state index in [1.807, 2.05) is 30.0 Å². The van der Waals surface area contributed by atoms with Gasteiger partial charge >= 0.3 is 0 Å². The monoisotopic (exact) mass is 307 g/mol. The van der Waals surface area contributed by atoms with E-state index in [2.05, 4.69) is 0 Å². The summed E-state index contributed by atoms with van der Waals surface area (Å²) in [6, 6.07) is 5.47. The van der Waals surface area contributed by atoms with Gasteiger partial charge in [0.15, 0.2) is 0 Å². The van der Waals surface area contributed by atoms with E-state index >= 15 is 0 Å². The van der Waals surface area contributed by atoms with Crippen molar-refractivity contribution < 1.29 is 9.90 Å². The second kappa shape index (κ2) is 5.62. The highest BCUT2D eigenvalue weighted by atomic mass is 35.5. The Hall–Kier alpha value is -1.06. The molecule has 2 aliphatic rings. The summed E-state index contributed by atoms with van der Waals surface area (Å²) >= 11 is 6.12. The smallest absolute Gasteiger partial charge is 0.254 e. The Morgan fingerprint density at radius 3 is 3.00 bits per heavy atom. The summed E-state index contributed by atoms with van der Waals surface area (Å²) in [5, 5.41) is 11.3. The molecule has 1 saturated heterocycles. The number of hydrogen-bond donors (Lipinski definition) is 1. The number of nitrogens with zero attached hydrogens (tertiary/aromatic N) is 1. The second-order valence-corrected chi connectivity index (χ2v) is 6.87. The van der Waals surface area contributed by atoms with Crippen LogP contribution in [0.1, 0.15) is 48.0 Å². The molecular weight excluding hydrogens is 286 g/mol. The lowest BCUT2D eigenvalue weighted by atomic mass is 9.71. The Kier molecular flexibility index (Phi) is 3.98. The average Bonchev–Trinajstić information content (AvgIpc) is 2.48. The minimum atomic E-state index is -0.543. The van der Waals surface area contributed by atoms with Gasteiger partial charge in [0.2, 0.25) is 0 Å². The maximum absolute atomic E-state index is 12.7. The first-order valence-corrected chi connectivity index (χ1v) is 8.16. The third kappa shape index (κ3) is 2.69. The first-order chi connectivity index (χ1) is 10.0. The normalized spacial score (nSPS) is 29.1. The Labute approximate surface area is 130 Å². The molecule has 1 amide bonds. The van der Waals surface area contributed by atoms with Crippen LogP contribution in [0, 0.1) is 12.8 Å². The Morgan fingerprint density at radius 1 is 1.38 bits per heavy atom. The van der Waals surface area contributed by atoms with Crippen LogP contribution in [0.3, 0.4) is 0 Å². The van der Waals surface area contributed by atoms with Crippen molar-refractivity contribution in [3.05, 3.63) is 34.3 Å². The fourth-order valence-electron chi connectivity index (χ4n) is 3.76. The van der Waals surface area contributed by atoms with Crippen molar-refractivity contribution >= 4 is 17.5 Å². The zero-order valence-corrected chi connectivity index (χ0v) is 13.2. The molecule has 1 aliphatic carbocycles. The largest absolute Gasteiger partial charge is 0.389 e. The highest BCUT2D eigenvalue weighted by Gasteiger charge is 2.43. The van der Waals surface area contributed by atoms with E-state index < -0.39 is 5.60 Å². The SMILES string of the molecule is Cc1c(Cl)cccc1C(=O)N1CCC2(O)CCCCC2C1. The topological polar surface area (TPSA) is 40.5 Å². The van der Waals surface area contributed by atoms with Gasteiger partial charge in [0.05, 0.1) is 5.60 Å². The van der Waals surface area contributed by atoms with Crippen LogP contribution in [-0.4, -0.2) is 34.6 Å². The molecule has 3 nitrogen and oxygen atoms in total. The minimum Gasteiger partial charge on any atom is -0.389 e. The van der Waals surface area contributed by atoms with Crippen molar-refractivity contribution in [1.29, 1.82) is 0 Å². The van der Waals surface area contributed by atoms with E-state index in [9.17, 15) is 9.90 Å². The number of likely N-dealkylation sites (tertiary alicyclic amines) is 1. The maximum atomic E-state index is 12.7. The standard InChI is InChI=1S/C17H22ClNO2/c1-12-14(6-4-7-15(12)18)16(20)19-10-9-17(21)8-3-2-5-13(17)11-19/h4,6-7,13,21H,2-3,5,8-11H2,1H3. The van der Waals surface area contributed by atoms with Gasteiger partial charge in [-0.2, -0.15) is 0 Å². The third-order valence-corrected chi connectivity index (χ3v) is 5.62. The molecule has 2 fully saturated rings. The van der Waals surface area contributed by atoms with Crippen LogP contribution in [-0.2, 0) is 0 Å². The van der Waals surface area contributed by atoms with Crippen molar-refractivity contribution in [3.63, 3.8) is 0 Å². The zero-order valence-electron chi connectivity index (χ0n) is 12.4. The summed E-state index contributed by atoms with van der Waals surface area (Å²) in [5.74, 6) is 0.270. The van der Waals surface area contributed by atoms with E-state index in [0.717, 1.165) is 31.2 Å². The molecule has 1 N–H and O–H groups in total. The molecule has 1 heterocycles. The molecule has 114 valence electrons. The van der Waals surface area contributed by atoms with Crippen LogP contribution in [0.2, 0.25) is 5.02 Å². The summed E-state index contributed by atoms with van der Waals surface area (Å²) < 4.78 is 0. The van der Waals surface area contributed by atoms with Crippen LogP contribution < -0.4 is 0 Å². The first kappa shape index (κ1) is 14.9. The molecule has 1 aliphatic heterocycles. The van der Waals surface area contributed by atoms with E-state index in [1.54, 1.807) is 0 Å². The summed E-state index contributed by atoms with van der Waals surface area (Å²) in [7, 11) is 0. The van der Waals surface area contributed by atoms with Crippen LogP contribution in [0.15, 0.2) is 18.2 Å². The predicted octanol–water partition coefficient (Wildman–Crippen LogP) is 3.42. The van der Waals surface area contributed by atoms with Crippen molar-refractivity contribution in [2.45, 2.75) is 44.6 Å². The molecule has 1 aromatic rings. The van der Waals surface area contributed by atoms with E-state index in [-0.39, 0.29) is 11.8 Å². The lowest BCUT2D eigenvalue weighted by Gasteiger charge is -2.47. The van der Waals surface area contributed by atoms with Crippen LogP contribution in [0.25, 0.3) is 0 Å². The highest BCUT2D eigenvalue weighted by Crippen LogP contribution is 2.40. The molecule has 0 bridgehead atoms. The molecular formula is C17H22ClNO2. The van der Waals surface area contributed by atoms with Gasteiger partial charge in [0, 0.05) is 29.6 Å². The van der Waals surface area contributed by atoms with Gasteiger partial charge in [-0.3, -0.25) is 4.79 Å². The average molecular weight is 308 g/mol. The number of benzene rings is 1. The quantitative estimate of drug-likeness (QED) is 0.863. The van der Waals surface area contributed by atoms with Gasteiger partial charge in [-0.05, 0) is 43.9 Å². The van der Waals surface area contributed by atoms with E-state index in [0.29, 0.717) is 30.1 Å². The van der Waals surface area contributed by atoms with Crippen molar-refractivity contribution in [2.75, 3.05) is 13.1 Å². The summed E-state index contributed by atoms with van der Waals surface area (Å²) in [6.07, 6.45) is 4.87. The number of aliphatic hydroxyl groups is 1. The molecule has 0 spiro atoms. The fourth-order valence-corrected chi connectivity index (χ4v) is 3.94. The molecule has 1 aromatic carbocycles. The Balaban J connectivity index is 1.79. The molecule has 4 heteroatoms. The number of rotatable bonds is 1. The number of carbonyl (C=O) groups is 1. The fraction of sp³-hybridized carbons (Fsp3) is 0.588. The van der Waals surface area contributed by atoms with Gasteiger partial charge < -0.3 is 10.0 Å². The van der Waals surface area contributed by atoms with Gasteiger partial charge in [0.25, 0.3) is 5.91 Å². The van der Waals surface area contributed by atoms with Crippen molar-refractivity contribution in [1.82, 2.24) is 4.90 Å². The van der Waals surface area contributed by atoms with E-state index in [4.69, 9.17) is 11.6 Å². The predicted molar refractivity (Wildman–Crippen MR) is 83.6 cm³/mol. The summed E-state index contributed by atoms with van der Waals surface area (Å²) in [5.41, 5.74) is 0.982. The van der Waals surface area contributed by atoms with Crippen LogP contribution >= 0.6 is 11.6 Å². The number of fused-ring (bicyclic) bond motifs is 1. The number of carbonyl (C=O) groups excluding carboxylic acids is 1. The number of halogens is 1. The second-order valence-electron chi connectivity index (χ2n) is 6.46. The van der Waals surface area contributed by atoms with Gasteiger partial charge in [-0.15, -0.1) is 0 Å². The van der Waals surface area contributed by atoms with Gasteiger partial charge in [0.1, 0.15) is 0 Å². The third-order valence-electron chi connectivity index (χ3n) is 5.21. The van der Waals surface area contributed by atoms with Crippen LogP contribution in [0.4, 0.5) is 0 Å². The van der Waals surface area contributed by atoms with Gasteiger partial charge in [-0.1, -0.05) is 30.5 Å². The minimum absolute atomic E-state index is 0.0441. The molecule has 21 heavy (non-hydrogen) atoms. The Bertz CT molecular complexity index is 560. The molecule has 1 saturated carbocycles. The molecule has 2 unspecified atom stereocenters. The number of piperidine rings is 1. The lowest BCUT2D eigenvalue weighted by Crippen LogP contribution is -2.54. The summed E-state index contributed by atoms with van der Waals surface area (Å²) in [6.45, 7) is 3.19. The summed E-state index contributed by atoms with van der Waals surface area (Å²) in [4.78, 5) is 14.6. The first-order valence-electron chi connectivity index (χ1n) is 7.78. The maximum Gasteiger partial charge on any atom is 0.254 e.